The minimum absolute atomic E-state index is 0.865. The number of rotatable bonds is 6. The first-order chi connectivity index (χ1) is 14.7. The van der Waals surface area contributed by atoms with Crippen molar-refractivity contribution < 1.29 is 4.57 Å². The van der Waals surface area contributed by atoms with Gasteiger partial charge in [-0.1, -0.05) is 30.4 Å². The van der Waals surface area contributed by atoms with Crippen LogP contribution in [0.1, 0.15) is 5.56 Å². The van der Waals surface area contributed by atoms with Crippen molar-refractivity contribution in [3.8, 4) is 0 Å². The van der Waals surface area contributed by atoms with Crippen LogP contribution in [-0.2, 0) is 6.54 Å². The van der Waals surface area contributed by atoms with Crippen LogP contribution in [0.4, 0.5) is 11.4 Å². The number of benzene rings is 1. The van der Waals surface area contributed by atoms with Crippen LogP contribution < -0.4 is 14.4 Å². The van der Waals surface area contributed by atoms with Gasteiger partial charge in [-0.2, -0.15) is 12.6 Å². The van der Waals surface area contributed by atoms with Gasteiger partial charge in [0.2, 0.25) is 0 Å². The van der Waals surface area contributed by atoms with Gasteiger partial charge in [-0.3, -0.25) is 0 Å². The van der Waals surface area contributed by atoms with Crippen LogP contribution in [0.5, 0.6) is 0 Å². The molecule has 0 radical (unpaired) electrons. The average Bonchev–Trinajstić information content (AvgIpc) is 2.80. The van der Waals surface area contributed by atoms with Gasteiger partial charge in [0, 0.05) is 69.0 Å². The fraction of sp³-hybridized carbons (Fsp3) is 0.320. The summed E-state index contributed by atoms with van der Waals surface area (Å²) in [6, 6.07) is 13.4. The number of likely N-dealkylation sites (N-methyl/N-ethyl adjacent to an activating group) is 1. The smallest absolute Gasteiger partial charge is 0.170 e. The standard InChI is InChI=1S/C25H30N4S/c1-26-12-8-23(9-13-26)3-2-22-4-6-24(7-5-22)28-16-18-29(19-17-28)25-10-14-27(15-11-25)20-21-30/h2-12,14-15H,13,16-21H2,1H3/p+1/b3-2+. The molecule has 1 fully saturated rings. The molecule has 1 aromatic carbocycles. The van der Waals surface area contributed by atoms with E-state index in [1.807, 2.05) is 0 Å². The van der Waals surface area contributed by atoms with E-state index in [0.717, 1.165) is 45.0 Å². The van der Waals surface area contributed by atoms with Gasteiger partial charge < -0.3 is 14.7 Å². The lowest BCUT2D eigenvalue weighted by Crippen LogP contribution is -2.46. The third kappa shape index (κ3) is 5.28. The van der Waals surface area contributed by atoms with Crippen LogP contribution in [0, 0.1) is 0 Å². The molecule has 4 nitrogen and oxygen atoms in total. The average molecular weight is 420 g/mol. The number of allylic oxidation sites excluding steroid dienone is 3. The molecule has 0 atom stereocenters. The minimum atomic E-state index is 0.865. The number of aryl methyl sites for hydroxylation is 1. The Morgan fingerprint density at radius 1 is 0.900 bits per heavy atom. The van der Waals surface area contributed by atoms with E-state index in [0.29, 0.717) is 0 Å². The van der Waals surface area contributed by atoms with E-state index in [-0.39, 0.29) is 0 Å². The molecule has 2 aliphatic rings. The van der Waals surface area contributed by atoms with Gasteiger partial charge in [0.25, 0.3) is 0 Å². The Bertz CT molecular complexity index is 907. The maximum Gasteiger partial charge on any atom is 0.170 e. The number of pyridine rings is 1. The van der Waals surface area contributed by atoms with E-state index in [9.17, 15) is 0 Å². The highest BCUT2D eigenvalue weighted by molar-refractivity contribution is 7.80. The number of anilines is 2. The van der Waals surface area contributed by atoms with Crippen molar-refractivity contribution in [3.63, 3.8) is 0 Å². The van der Waals surface area contributed by atoms with Gasteiger partial charge in [-0.05, 0) is 35.5 Å². The summed E-state index contributed by atoms with van der Waals surface area (Å²) in [5, 5.41) is 0. The lowest BCUT2D eigenvalue weighted by atomic mass is 10.1. The molecule has 0 aliphatic carbocycles. The Hall–Kier alpha value is -2.66. The van der Waals surface area contributed by atoms with Crippen molar-refractivity contribution in [2.45, 2.75) is 6.54 Å². The van der Waals surface area contributed by atoms with E-state index in [1.54, 1.807) is 0 Å². The Kier molecular flexibility index (Phi) is 6.80. The summed E-state index contributed by atoms with van der Waals surface area (Å²) in [6.45, 7) is 6.12. The topological polar surface area (TPSA) is 13.6 Å². The lowest BCUT2D eigenvalue weighted by Gasteiger charge is -2.37. The van der Waals surface area contributed by atoms with Gasteiger partial charge in [-0.25, -0.2) is 4.57 Å². The van der Waals surface area contributed by atoms with Crippen molar-refractivity contribution in [2.24, 2.45) is 0 Å². The van der Waals surface area contributed by atoms with Gasteiger partial charge in [0.1, 0.15) is 0 Å². The Labute approximate surface area is 185 Å². The quantitative estimate of drug-likeness (QED) is 0.568. The predicted octanol–water partition coefficient (Wildman–Crippen LogP) is 3.63. The van der Waals surface area contributed by atoms with Crippen LogP contribution in [0.3, 0.4) is 0 Å². The van der Waals surface area contributed by atoms with Crippen molar-refractivity contribution in [2.75, 3.05) is 55.3 Å². The van der Waals surface area contributed by atoms with Gasteiger partial charge in [-0.15, -0.1) is 0 Å². The maximum atomic E-state index is 4.30. The summed E-state index contributed by atoms with van der Waals surface area (Å²) in [7, 11) is 2.09. The summed E-state index contributed by atoms with van der Waals surface area (Å²) in [6.07, 6.45) is 15.2. The second-order valence-corrected chi connectivity index (χ2v) is 8.32. The van der Waals surface area contributed by atoms with E-state index in [4.69, 9.17) is 0 Å². The number of aromatic nitrogens is 1. The second kappa shape index (κ2) is 9.90. The number of nitrogens with zero attached hydrogens (tertiary/aromatic N) is 4. The predicted molar refractivity (Wildman–Crippen MR) is 130 cm³/mol. The molecule has 5 heteroatoms. The number of hydrogen-bond acceptors (Lipinski definition) is 4. The van der Waals surface area contributed by atoms with Crippen molar-refractivity contribution in [1.29, 1.82) is 0 Å². The zero-order valence-corrected chi connectivity index (χ0v) is 18.6. The molecule has 30 heavy (non-hydrogen) atoms. The molecule has 156 valence electrons. The van der Waals surface area contributed by atoms with Crippen molar-refractivity contribution >= 4 is 30.1 Å². The van der Waals surface area contributed by atoms with Crippen LogP contribution >= 0.6 is 12.6 Å². The Morgan fingerprint density at radius 3 is 2.10 bits per heavy atom. The molecule has 0 N–H and O–H groups in total. The molecular formula is C25H31N4S+. The van der Waals surface area contributed by atoms with E-state index < -0.39 is 0 Å². The first kappa shape index (κ1) is 20.6. The summed E-state index contributed by atoms with van der Waals surface area (Å²) < 4.78 is 2.18. The first-order valence-corrected chi connectivity index (χ1v) is 11.3. The number of piperazine rings is 1. The van der Waals surface area contributed by atoms with Crippen LogP contribution in [0.25, 0.3) is 6.08 Å². The maximum absolute atomic E-state index is 4.30. The molecule has 0 spiro atoms. The normalized spacial score (nSPS) is 17.0. The van der Waals surface area contributed by atoms with Gasteiger partial charge >= 0.3 is 0 Å². The molecule has 0 unspecified atom stereocenters. The number of thiol groups is 1. The first-order valence-electron chi connectivity index (χ1n) is 10.7. The molecule has 0 saturated carbocycles. The molecule has 0 bridgehead atoms. The molecular weight excluding hydrogens is 388 g/mol. The minimum Gasteiger partial charge on any atom is -0.377 e. The third-order valence-electron chi connectivity index (χ3n) is 5.74. The van der Waals surface area contributed by atoms with Gasteiger partial charge in [0.15, 0.2) is 18.9 Å². The molecule has 2 aliphatic heterocycles. The zero-order chi connectivity index (χ0) is 20.8. The van der Waals surface area contributed by atoms with Crippen LogP contribution in [0.15, 0.2) is 78.8 Å². The Morgan fingerprint density at radius 2 is 1.53 bits per heavy atom. The summed E-state index contributed by atoms with van der Waals surface area (Å²) in [4.78, 5) is 7.13. The molecule has 1 saturated heterocycles. The largest absolute Gasteiger partial charge is 0.377 e. The molecule has 1 aromatic heterocycles. The van der Waals surface area contributed by atoms with E-state index in [2.05, 4.69) is 118 Å². The molecule has 2 aromatic rings. The fourth-order valence-corrected chi connectivity index (χ4v) is 4.08. The highest BCUT2D eigenvalue weighted by Crippen LogP contribution is 2.21. The summed E-state index contributed by atoms with van der Waals surface area (Å²) in [5.74, 6) is 0.865. The van der Waals surface area contributed by atoms with E-state index >= 15 is 0 Å². The zero-order valence-electron chi connectivity index (χ0n) is 17.7. The highest BCUT2D eigenvalue weighted by Gasteiger charge is 2.18. The molecule has 4 rings (SSSR count). The van der Waals surface area contributed by atoms with Crippen LogP contribution in [0.2, 0.25) is 0 Å². The fourth-order valence-electron chi connectivity index (χ4n) is 3.85. The monoisotopic (exact) mass is 419 g/mol. The number of hydrogen-bond donors (Lipinski definition) is 1. The van der Waals surface area contributed by atoms with Crippen molar-refractivity contribution in [3.05, 3.63) is 84.4 Å². The molecule has 0 amide bonds. The summed E-state index contributed by atoms with van der Waals surface area (Å²) >= 11 is 4.30. The summed E-state index contributed by atoms with van der Waals surface area (Å²) in [5.41, 5.74) is 5.13. The Balaban J connectivity index is 1.31. The SMILES string of the molecule is CN1C=CC(/C=C/c2ccc(N3CCN(c4cc[n+](CCS)cc4)CC3)cc2)=CC1. The lowest BCUT2D eigenvalue weighted by molar-refractivity contribution is -0.692. The highest BCUT2D eigenvalue weighted by atomic mass is 32.1. The third-order valence-corrected chi connectivity index (χ3v) is 5.94. The van der Waals surface area contributed by atoms with Crippen molar-refractivity contribution in [1.82, 2.24) is 4.90 Å². The van der Waals surface area contributed by atoms with Crippen LogP contribution in [-0.4, -0.2) is 50.4 Å². The second-order valence-electron chi connectivity index (χ2n) is 7.88. The van der Waals surface area contributed by atoms with E-state index in [1.165, 1.54) is 22.5 Å². The van der Waals surface area contributed by atoms with Gasteiger partial charge in [0.05, 0.1) is 0 Å². The molecule has 3 heterocycles.